The Bertz CT molecular complexity index is 494. The molecular formula is C18H29N3O3. The lowest BCUT2D eigenvalue weighted by Crippen LogP contribution is -2.38. The Morgan fingerprint density at radius 3 is 2.71 bits per heavy atom. The van der Waals surface area contributed by atoms with Gasteiger partial charge in [0.15, 0.2) is 0 Å². The van der Waals surface area contributed by atoms with Crippen LogP contribution in [0, 0.1) is 0 Å². The first kappa shape index (κ1) is 18.7. The monoisotopic (exact) mass is 335 g/mol. The highest BCUT2D eigenvalue weighted by Gasteiger charge is 2.20. The van der Waals surface area contributed by atoms with E-state index >= 15 is 0 Å². The molecule has 0 atom stereocenters. The Labute approximate surface area is 144 Å². The van der Waals surface area contributed by atoms with E-state index in [1.165, 1.54) is 0 Å². The quantitative estimate of drug-likeness (QED) is 0.810. The molecule has 1 N–H and O–H groups in total. The molecule has 6 heteroatoms. The van der Waals surface area contributed by atoms with E-state index in [0.717, 1.165) is 38.2 Å². The molecule has 1 aromatic rings. The normalized spacial score (nSPS) is 16.8. The summed E-state index contributed by atoms with van der Waals surface area (Å²) in [5.41, 5.74) is 0.643. The van der Waals surface area contributed by atoms with Crippen molar-refractivity contribution in [3.8, 4) is 0 Å². The minimum absolute atomic E-state index is 0.269. The summed E-state index contributed by atoms with van der Waals surface area (Å²) in [5, 5.41) is 2.72. The fourth-order valence-corrected chi connectivity index (χ4v) is 2.65. The predicted molar refractivity (Wildman–Crippen MR) is 92.7 cm³/mol. The summed E-state index contributed by atoms with van der Waals surface area (Å²) in [4.78, 5) is 18.3. The molecular weight excluding hydrogens is 306 g/mol. The number of hydrogen-bond acceptors (Lipinski definition) is 5. The van der Waals surface area contributed by atoms with Crippen molar-refractivity contribution >= 4 is 6.09 Å². The minimum atomic E-state index is -0.467. The number of nitrogens with zero attached hydrogens (tertiary/aromatic N) is 2. The third-order valence-corrected chi connectivity index (χ3v) is 3.77. The topological polar surface area (TPSA) is 63.7 Å². The first-order valence-corrected chi connectivity index (χ1v) is 8.63. The fraction of sp³-hybridized carbons (Fsp3) is 0.667. The number of piperidine rings is 1. The molecule has 0 bridgehead atoms. The number of amides is 1. The van der Waals surface area contributed by atoms with Crippen molar-refractivity contribution in [2.45, 2.75) is 51.9 Å². The lowest BCUT2D eigenvalue weighted by atomic mass is 10.1. The summed E-state index contributed by atoms with van der Waals surface area (Å²) in [6.45, 7) is 9.47. The van der Waals surface area contributed by atoms with Gasteiger partial charge >= 0.3 is 6.09 Å². The average molecular weight is 335 g/mol. The van der Waals surface area contributed by atoms with Crippen LogP contribution in [-0.2, 0) is 16.0 Å². The summed E-state index contributed by atoms with van der Waals surface area (Å²) in [5.74, 6) is 0. The molecule has 2 rings (SSSR count). The van der Waals surface area contributed by atoms with Crippen LogP contribution >= 0.6 is 0 Å². The van der Waals surface area contributed by atoms with E-state index < -0.39 is 11.7 Å². The van der Waals surface area contributed by atoms with Crippen LogP contribution in [0.3, 0.4) is 0 Å². The van der Waals surface area contributed by atoms with E-state index in [2.05, 4.69) is 21.3 Å². The largest absolute Gasteiger partial charge is 0.444 e. The highest BCUT2D eigenvalue weighted by Crippen LogP contribution is 2.15. The Kier molecular flexibility index (Phi) is 6.99. The molecule has 0 saturated carbocycles. The van der Waals surface area contributed by atoms with Crippen molar-refractivity contribution in [1.29, 1.82) is 0 Å². The maximum absolute atomic E-state index is 11.5. The molecule has 2 heterocycles. The molecule has 0 aromatic carbocycles. The van der Waals surface area contributed by atoms with Crippen LogP contribution in [0.1, 0.15) is 39.3 Å². The van der Waals surface area contributed by atoms with Crippen molar-refractivity contribution < 1.29 is 14.3 Å². The zero-order valence-electron chi connectivity index (χ0n) is 15.0. The van der Waals surface area contributed by atoms with Gasteiger partial charge in [0.05, 0.1) is 18.4 Å². The summed E-state index contributed by atoms with van der Waals surface area (Å²) in [6.07, 6.45) is 3.74. The number of ether oxygens (including phenoxy) is 2. The Morgan fingerprint density at radius 2 is 2.08 bits per heavy atom. The smallest absolute Gasteiger partial charge is 0.407 e. The van der Waals surface area contributed by atoms with Crippen LogP contribution in [0.25, 0.3) is 0 Å². The molecule has 0 unspecified atom stereocenters. The third-order valence-electron chi connectivity index (χ3n) is 3.77. The van der Waals surface area contributed by atoms with Gasteiger partial charge in [-0.1, -0.05) is 6.07 Å². The number of rotatable bonds is 6. The molecule has 134 valence electrons. The van der Waals surface area contributed by atoms with Crippen LogP contribution in [0.5, 0.6) is 0 Å². The number of pyridine rings is 1. The minimum Gasteiger partial charge on any atom is -0.444 e. The van der Waals surface area contributed by atoms with Crippen LogP contribution in [-0.4, -0.2) is 53.9 Å². The molecule has 6 nitrogen and oxygen atoms in total. The highest BCUT2D eigenvalue weighted by atomic mass is 16.6. The first-order chi connectivity index (χ1) is 11.4. The maximum Gasteiger partial charge on any atom is 0.407 e. The molecule has 1 aliphatic rings. The van der Waals surface area contributed by atoms with Crippen LogP contribution in [0.15, 0.2) is 24.4 Å². The van der Waals surface area contributed by atoms with E-state index in [0.29, 0.717) is 13.2 Å². The second-order valence-electron chi connectivity index (χ2n) is 7.10. The standard InChI is InChI=1S/C18H29N3O3/c1-18(2,3)24-17(22)20-10-13-23-16-7-11-21(12-8-16)14-15-6-4-5-9-19-15/h4-6,9,16H,7-8,10-14H2,1-3H3,(H,20,22). The van der Waals surface area contributed by atoms with Gasteiger partial charge in [-0.2, -0.15) is 0 Å². The van der Waals surface area contributed by atoms with E-state index in [1.54, 1.807) is 0 Å². The predicted octanol–water partition coefficient (Wildman–Crippen LogP) is 2.59. The SMILES string of the molecule is CC(C)(C)OC(=O)NCCOC1CCN(Cc2ccccn2)CC1. The number of hydrogen-bond donors (Lipinski definition) is 1. The number of aromatic nitrogens is 1. The summed E-state index contributed by atoms with van der Waals surface area (Å²) in [6, 6.07) is 6.02. The molecule has 1 fully saturated rings. The van der Waals surface area contributed by atoms with E-state index in [4.69, 9.17) is 9.47 Å². The fourth-order valence-electron chi connectivity index (χ4n) is 2.65. The van der Waals surface area contributed by atoms with Gasteiger partial charge in [0, 0.05) is 32.4 Å². The average Bonchev–Trinajstić information content (AvgIpc) is 2.52. The molecule has 0 spiro atoms. The van der Waals surface area contributed by atoms with Gasteiger partial charge in [0.25, 0.3) is 0 Å². The zero-order valence-corrected chi connectivity index (χ0v) is 15.0. The molecule has 0 aliphatic carbocycles. The molecule has 24 heavy (non-hydrogen) atoms. The summed E-state index contributed by atoms with van der Waals surface area (Å²) < 4.78 is 11.0. The van der Waals surface area contributed by atoms with Crippen molar-refractivity contribution in [3.05, 3.63) is 30.1 Å². The molecule has 1 amide bonds. The zero-order chi connectivity index (χ0) is 17.4. The van der Waals surface area contributed by atoms with E-state index in [1.807, 2.05) is 39.1 Å². The van der Waals surface area contributed by atoms with Gasteiger partial charge in [-0.05, 0) is 45.7 Å². The lowest BCUT2D eigenvalue weighted by molar-refractivity contribution is 0.00498. The summed E-state index contributed by atoms with van der Waals surface area (Å²) in [7, 11) is 0. The van der Waals surface area contributed by atoms with Gasteiger partial charge in [0.2, 0.25) is 0 Å². The number of carbonyl (C=O) groups is 1. The van der Waals surface area contributed by atoms with Crippen LogP contribution in [0.2, 0.25) is 0 Å². The van der Waals surface area contributed by atoms with Gasteiger partial charge in [-0.25, -0.2) is 4.79 Å². The maximum atomic E-state index is 11.5. The van der Waals surface area contributed by atoms with Crippen LogP contribution < -0.4 is 5.32 Å². The first-order valence-electron chi connectivity index (χ1n) is 8.63. The Balaban J connectivity index is 1.56. The van der Waals surface area contributed by atoms with E-state index in [-0.39, 0.29) is 6.10 Å². The summed E-state index contributed by atoms with van der Waals surface area (Å²) >= 11 is 0. The van der Waals surface area contributed by atoms with Gasteiger partial charge in [0.1, 0.15) is 5.60 Å². The molecule has 1 aromatic heterocycles. The molecule has 1 saturated heterocycles. The van der Waals surface area contributed by atoms with Crippen molar-refractivity contribution in [1.82, 2.24) is 15.2 Å². The lowest BCUT2D eigenvalue weighted by Gasteiger charge is -2.31. The second-order valence-corrected chi connectivity index (χ2v) is 7.10. The third kappa shape index (κ3) is 7.27. The number of nitrogens with one attached hydrogen (secondary N) is 1. The highest BCUT2D eigenvalue weighted by molar-refractivity contribution is 5.67. The van der Waals surface area contributed by atoms with Gasteiger partial charge in [-0.3, -0.25) is 9.88 Å². The number of alkyl carbamates (subject to hydrolysis) is 1. The van der Waals surface area contributed by atoms with E-state index in [9.17, 15) is 4.79 Å². The van der Waals surface area contributed by atoms with Crippen molar-refractivity contribution in [2.24, 2.45) is 0 Å². The van der Waals surface area contributed by atoms with Crippen molar-refractivity contribution in [2.75, 3.05) is 26.2 Å². The van der Waals surface area contributed by atoms with Crippen molar-refractivity contribution in [3.63, 3.8) is 0 Å². The second kappa shape index (κ2) is 8.99. The number of likely N-dealkylation sites (tertiary alicyclic amines) is 1. The Morgan fingerprint density at radius 1 is 1.33 bits per heavy atom. The molecule has 1 aliphatic heterocycles. The molecule has 0 radical (unpaired) electrons. The van der Waals surface area contributed by atoms with Crippen LogP contribution in [0.4, 0.5) is 4.79 Å². The van der Waals surface area contributed by atoms with Gasteiger partial charge in [-0.15, -0.1) is 0 Å². The van der Waals surface area contributed by atoms with Gasteiger partial charge < -0.3 is 14.8 Å². The number of carbonyl (C=O) groups excluding carboxylic acids is 1. The Hall–Kier alpha value is -1.66.